The van der Waals surface area contributed by atoms with Gasteiger partial charge in [-0.1, -0.05) is 84.4 Å². The summed E-state index contributed by atoms with van der Waals surface area (Å²) in [5.74, 6) is -0.741. The molecule has 0 bridgehead atoms. The van der Waals surface area contributed by atoms with Crippen LogP contribution in [0.4, 0.5) is 0 Å². The number of phenols is 1. The number of aromatic nitrogens is 1. The molecule has 7 rings (SSSR count). The van der Waals surface area contributed by atoms with Gasteiger partial charge >= 0.3 is 0 Å². The number of piperazine rings is 1. The zero-order valence-corrected chi connectivity index (χ0v) is 30.2. The molecule has 2 aliphatic rings. The number of hydrogen-bond donors (Lipinski definition) is 1. The summed E-state index contributed by atoms with van der Waals surface area (Å²) in [7, 11) is -3.99. The smallest absolute Gasteiger partial charge is 0.268 e. The van der Waals surface area contributed by atoms with Crippen molar-refractivity contribution in [2.45, 2.75) is 49.8 Å². The molecule has 2 saturated heterocycles. The lowest BCUT2D eigenvalue weighted by Gasteiger charge is -2.55. The molecule has 53 heavy (non-hydrogen) atoms. The minimum atomic E-state index is -3.99. The highest BCUT2D eigenvalue weighted by Gasteiger charge is 2.51. The highest BCUT2D eigenvalue weighted by atomic mass is 32.2. The summed E-state index contributed by atoms with van der Waals surface area (Å²) in [4.78, 5) is 46.2. The van der Waals surface area contributed by atoms with Gasteiger partial charge in [-0.05, 0) is 60.4 Å². The summed E-state index contributed by atoms with van der Waals surface area (Å²) in [6, 6.07) is 29.0. The Morgan fingerprint density at radius 1 is 0.906 bits per heavy atom. The fourth-order valence-electron chi connectivity index (χ4n) is 7.36. The summed E-state index contributed by atoms with van der Waals surface area (Å²) in [5.41, 5.74) is 3.71. The molecule has 0 spiro atoms. The van der Waals surface area contributed by atoms with Crippen LogP contribution in [0.1, 0.15) is 28.7 Å². The van der Waals surface area contributed by atoms with E-state index in [0.29, 0.717) is 22.9 Å². The lowest BCUT2D eigenvalue weighted by molar-refractivity contribution is -0.205. The van der Waals surface area contributed by atoms with Gasteiger partial charge in [0, 0.05) is 37.5 Å². The van der Waals surface area contributed by atoms with E-state index in [0.717, 1.165) is 16.7 Å². The van der Waals surface area contributed by atoms with Crippen molar-refractivity contribution in [2.75, 3.05) is 19.6 Å². The van der Waals surface area contributed by atoms with Crippen molar-refractivity contribution in [3.63, 3.8) is 0 Å². The van der Waals surface area contributed by atoms with Crippen LogP contribution in [0.5, 0.6) is 5.75 Å². The molecule has 11 nitrogen and oxygen atoms in total. The standard InChI is InChI=1S/C41H41N5O6S/c1-3-23-43-28-39(49)45-36(25-31-14-17-34(47)18-15-31)41(50)42(27-37(45)46(43)38(48)21-16-30-8-5-4-6-9-30)26-33-11-7-10-32-22-24-44(40(32)33)53(51,52)35-19-12-29(2)13-20-35/h3-15,17-20,22,24,36-37,47H,1,16,21,23,25-28H2,2H3/t36-,37-/m0/s1. The van der Waals surface area contributed by atoms with Crippen LogP contribution in [0, 0.1) is 6.92 Å². The first kappa shape index (κ1) is 35.7. The highest BCUT2D eigenvalue weighted by Crippen LogP contribution is 2.32. The molecule has 3 amide bonds. The van der Waals surface area contributed by atoms with Gasteiger partial charge in [0.2, 0.25) is 17.7 Å². The lowest BCUT2D eigenvalue weighted by atomic mass is 9.97. The number of benzene rings is 4. The first-order chi connectivity index (χ1) is 25.5. The van der Waals surface area contributed by atoms with E-state index in [1.54, 1.807) is 69.5 Å². The molecule has 272 valence electrons. The van der Waals surface area contributed by atoms with Crippen molar-refractivity contribution in [1.29, 1.82) is 0 Å². The Bertz CT molecular complexity index is 2270. The van der Waals surface area contributed by atoms with Gasteiger partial charge in [0.05, 0.1) is 23.5 Å². The van der Waals surface area contributed by atoms with Gasteiger partial charge < -0.3 is 14.9 Å². The number of carbonyl (C=O) groups is 3. The monoisotopic (exact) mass is 731 g/mol. The molecular formula is C41H41N5O6S. The number of rotatable bonds is 11. The first-order valence-corrected chi connectivity index (χ1v) is 19.0. The maximum Gasteiger partial charge on any atom is 0.268 e. The molecule has 4 aromatic carbocycles. The van der Waals surface area contributed by atoms with E-state index in [9.17, 15) is 27.9 Å². The third-order valence-electron chi connectivity index (χ3n) is 9.96. The van der Waals surface area contributed by atoms with Crippen LogP contribution >= 0.6 is 0 Å². The van der Waals surface area contributed by atoms with E-state index >= 15 is 0 Å². The minimum Gasteiger partial charge on any atom is -0.508 e. The quantitative estimate of drug-likeness (QED) is 0.192. The zero-order valence-electron chi connectivity index (χ0n) is 29.4. The summed E-state index contributed by atoms with van der Waals surface area (Å²) in [6.07, 6.45) is 3.15. The number of fused-ring (bicyclic) bond motifs is 2. The molecule has 2 aliphatic heterocycles. The van der Waals surface area contributed by atoms with Crippen LogP contribution in [0.15, 0.2) is 127 Å². The Hall–Kier alpha value is -5.72. The SMILES string of the molecule is C=CCN1CC(=O)N2[C@@H](Cc3ccc(O)cc3)C(=O)N(Cc3cccc4ccn(S(=O)(=O)c5ccc(C)cc5)c34)C[C@@H]2N1C(=O)CCc1ccccc1. The summed E-state index contributed by atoms with van der Waals surface area (Å²) < 4.78 is 29.2. The number of amides is 3. The molecule has 1 N–H and O–H groups in total. The maximum atomic E-state index is 14.6. The molecule has 1 aromatic heterocycles. The van der Waals surface area contributed by atoms with Crippen molar-refractivity contribution >= 4 is 38.6 Å². The lowest BCUT2D eigenvalue weighted by Crippen LogP contribution is -2.75. The zero-order chi connectivity index (χ0) is 37.3. The third-order valence-corrected chi connectivity index (χ3v) is 11.7. The van der Waals surface area contributed by atoms with E-state index in [1.165, 1.54) is 27.2 Å². The Kier molecular flexibility index (Phi) is 9.91. The summed E-state index contributed by atoms with van der Waals surface area (Å²) in [6.45, 7) is 5.93. The fourth-order valence-corrected chi connectivity index (χ4v) is 8.76. The van der Waals surface area contributed by atoms with E-state index in [-0.39, 0.29) is 67.4 Å². The van der Waals surface area contributed by atoms with Gasteiger partial charge in [0.25, 0.3) is 10.0 Å². The van der Waals surface area contributed by atoms with E-state index in [1.807, 2.05) is 49.4 Å². The van der Waals surface area contributed by atoms with Gasteiger partial charge in [-0.15, -0.1) is 6.58 Å². The average molecular weight is 732 g/mol. The van der Waals surface area contributed by atoms with Gasteiger partial charge in [0.1, 0.15) is 18.0 Å². The minimum absolute atomic E-state index is 0.00315. The van der Waals surface area contributed by atoms with Crippen molar-refractivity contribution in [3.05, 3.63) is 144 Å². The number of aryl methyl sites for hydroxylation is 2. The van der Waals surface area contributed by atoms with Crippen molar-refractivity contribution < 1.29 is 27.9 Å². The molecule has 0 radical (unpaired) electrons. The number of hydrogen-bond acceptors (Lipinski definition) is 7. The molecule has 2 fully saturated rings. The Morgan fingerprint density at radius 3 is 2.36 bits per heavy atom. The molecule has 12 heteroatoms. The average Bonchev–Trinajstić information content (AvgIpc) is 3.60. The van der Waals surface area contributed by atoms with Gasteiger partial charge in [0.15, 0.2) is 0 Å². The summed E-state index contributed by atoms with van der Waals surface area (Å²) >= 11 is 0. The van der Waals surface area contributed by atoms with Crippen LogP contribution in [0.25, 0.3) is 10.9 Å². The molecule has 0 unspecified atom stereocenters. The molecule has 5 aromatic rings. The largest absolute Gasteiger partial charge is 0.508 e. The number of aromatic hydroxyl groups is 1. The normalized spacial score (nSPS) is 18.0. The number of para-hydroxylation sites is 1. The Labute approximate surface area is 309 Å². The van der Waals surface area contributed by atoms with Crippen molar-refractivity contribution in [2.24, 2.45) is 0 Å². The second-order valence-electron chi connectivity index (χ2n) is 13.5. The topological polar surface area (TPSA) is 123 Å². The number of phenolic OH excluding ortho intramolecular Hbond substituents is 1. The van der Waals surface area contributed by atoms with Crippen LogP contribution in [0.2, 0.25) is 0 Å². The number of nitrogens with zero attached hydrogens (tertiary/aromatic N) is 5. The first-order valence-electron chi connectivity index (χ1n) is 17.6. The van der Waals surface area contributed by atoms with Gasteiger partial charge in [-0.3, -0.25) is 14.4 Å². The molecule has 0 saturated carbocycles. The van der Waals surface area contributed by atoms with Crippen molar-refractivity contribution in [1.82, 2.24) is 23.8 Å². The predicted molar refractivity (Wildman–Crippen MR) is 201 cm³/mol. The van der Waals surface area contributed by atoms with Gasteiger partial charge in [-0.25, -0.2) is 22.4 Å². The van der Waals surface area contributed by atoms with Crippen LogP contribution in [-0.2, 0) is 43.8 Å². The van der Waals surface area contributed by atoms with Crippen LogP contribution < -0.4 is 0 Å². The molecular weight excluding hydrogens is 691 g/mol. The van der Waals surface area contributed by atoms with Gasteiger partial charge in [-0.2, -0.15) is 0 Å². The van der Waals surface area contributed by atoms with E-state index < -0.39 is 22.2 Å². The van der Waals surface area contributed by atoms with E-state index in [4.69, 9.17) is 0 Å². The third kappa shape index (κ3) is 7.07. The number of hydrazine groups is 1. The van der Waals surface area contributed by atoms with Crippen LogP contribution in [-0.4, -0.2) is 86.9 Å². The molecule has 2 atom stereocenters. The predicted octanol–water partition coefficient (Wildman–Crippen LogP) is 4.88. The molecule has 0 aliphatic carbocycles. The summed E-state index contributed by atoms with van der Waals surface area (Å²) in [5, 5.41) is 13.9. The second kappa shape index (κ2) is 14.7. The van der Waals surface area contributed by atoms with Crippen molar-refractivity contribution in [3.8, 4) is 5.75 Å². The Balaban J connectivity index is 1.28. The second-order valence-corrected chi connectivity index (χ2v) is 15.3. The number of carbonyl (C=O) groups excluding carboxylic acids is 3. The highest BCUT2D eigenvalue weighted by molar-refractivity contribution is 7.90. The Morgan fingerprint density at radius 2 is 1.64 bits per heavy atom. The molecule has 3 heterocycles. The fraction of sp³-hybridized carbons (Fsp3) is 0.244. The van der Waals surface area contributed by atoms with E-state index in [2.05, 4.69) is 6.58 Å². The maximum absolute atomic E-state index is 14.6. The van der Waals surface area contributed by atoms with Crippen LogP contribution in [0.3, 0.4) is 0 Å².